The van der Waals surface area contributed by atoms with Crippen LogP contribution < -0.4 is 5.32 Å². The van der Waals surface area contributed by atoms with Crippen LogP contribution in [0.5, 0.6) is 0 Å². The smallest absolute Gasteiger partial charge is 0.165 e. The molecule has 0 aliphatic heterocycles. The number of hydrogen-bond donors (Lipinski definition) is 1. The molecule has 1 N–H and O–H groups in total. The van der Waals surface area contributed by atoms with Gasteiger partial charge in [-0.15, -0.1) is 5.10 Å². The number of nitrogens with zero attached hydrogens (tertiary/aromatic N) is 4. The lowest BCUT2D eigenvalue weighted by Gasteiger charge is -2.26. The highest BCUT2D eigenvalue weighted by Crippen LogP contribution is 2.31. The molecule has 1 aromatic rings. The second-order valence-corrected chi connectivity index (χ2v) is 5.13. The molecule has 1 saturated carbocycles. The van der Waals surface area contributed by atoms with E-state index in [4.69, 9.17) is 0 Å². The van der Waals surface area contributed by atoms with Crippen LogP contribution in [0.2, 0.25) is 0 Å². The maximum Gasteiger partial charge on any atom is 0.165 e. The largest absolute Gasteiger partial charge is 0.310 e. The van der Waals surface area contributed by atoms with Crippen LogP contribution in [0.15, 0.2) is 0 Å². The van der Waals surface area contributed by atoms with Gasteiger partial charge in [-0.3, -0.25) is 0 Å². The van der Waals surface area contributed by atoms with Crippen molar-refractivity contribution in [1.82, 2.24) is 25.5 Å². The molecular weight excluding hydrogens is 214 g/mol. The molecular formula is C12H23N5. The summed E-state index contributed by atoms with van der Waals surface area (Å²) in [6, 6.07) is 0.514. The quantitative estimate of drug-likeness (QED) is 0.795. The summed E-state index contributed by atoms with van der Waals surface area (Å²) < 4.78 is 2.04. The molecule has 1 aliphatic rings. The van der Waals surface area contributed by atoms with Gasteiger partial charge in [0.15, 0.2) is 5.82 Å². The third-order valence-electron chi connectivity index (χ3n) is 3.60. The Morgan fingerprint density at radius 2 is 2.06 bits per heavy atom. The van der Waals surface area contributed by atoms with Crippen molar-refractivity contribution >= 4 is 0 Å². The van der Waals surface area contributed by atoms with Crippen molar-refractivity contribution in [2.75, 3.05) is 6.54 Å². The maximum atomic E-state index is 4.16. The number of nitrogens with one attached hydrogen (secondary N) is 1. The summed E-state index contributed by atoms with van der Waals surface area (Å²) in [5.74, 6) is 1.85. The van der Waals surface area contributed by atoms with E-state index in [2.05, 4.69) is 34.7 Å². The van der Waals surface area contributed by atoms with Crippen molar-refractivity contribution in [1.29, 1.82) is 0 Å². The highest BCUT2D eigenvalue weighted by Gasteiger charge is 2.22. The maximum absolute atomic E-state index is 4.16. The van der Waals surface area contributed by atoms with Crippen molar-refractivity contribution in [2.45, 2.75) is 58.5 Å². The first kappa shape index (κ1) is 12.5. The van der Waals surface area contributed by atoms with E-state index in [0.717, 1.165) is 31.3 Å². The molecule has 1 aromatic heterocycles. The van der Waals surface area contributed by atoms with E-state index < -0.39 is 0 Å². The van der Waals surface area contributed by atoms with Gasteiger partial charge in [0.2, 0.25) is 0 Å². The van der Waals surface area contributed by atoms with Crippen LogP contribution in [0.1, 0.15) is 57.8 Å². The van der Waals surface area contributed by atoms with Gasteiger partial charge in [-0.25, -0.2) is 4.68 Å². The Bertz CT molecular complexity index is 327. The summed E-state index contributed by atoms with van der Waals surface area (Å²) in [4.78, 5) is 0. The average molecular weight is 237 g/mol. The summed E-state index contributed by atoms with van der Waals surface area (Å²) in [7, 11) is 0. The molecule has 17 heavy (non-hydrogen) atoms. The van der Waals surface area contributed by atoms with E-state index >= 15 is 0 Å². The fourth-order valence-electron chi connectivity index (χ4n) is 2.48. The summed E-state index contributed by atoms with van der Waals surface area (Å²) in [5, 5.41) is 15.5. The van der Waals surface area contributed by atoms with Crippen molar-refractivity contribution in [3.8, 4) is 0 Å². The zero-order valence-electron chi connectivity index (χ0n) is 10.9. The summed E-state index contributed by atoms with van der Waals surface area (Å²) in [6.07, 6.45) is 6.17. The molecule has 0 atom stereocenters. The molecule has 1 aliphatic carbocycles. The van der Waals surface area contributed by atoms with E-state index in [1.807, 2.05) is 4.68 Å². The minimum Gasteiger partial charge on any atom is -0.310 e. The van der Waals surface area contributed by atoms with E-state index in [0.29, 0.717) is 6.04 Å². The van der Waals surface area contributed by atoms with E-state index in [1.165, 1.54) is 25.7 Å². The van der Waals surface area contributed by atoms with Crippen molar-refractivity contribution < 1.29 is 0 Å². The lowest BCUT2D eigenvalue weighted by molar-refractivity contribution is 0.265. The van der Waals surface area contributed by atoms with Gasteiger partial charge >= 0.3 is 0 Å². The Morgan fingerprint density at radius 1 is 1.29 bits per heavy atom. The normalized spacial score (nSPS) is 25.1. The standard InChI is InChI=1S/C12H23N5/c1-3-8-13-9-12-14-15-16-17(12)11-6-4-10(2)5-7-11/h10-11,13H,3-9H2,1-2H3. The molecule has 5 nitrogen and oxygen atoms in total. The molecule has 1 heterocycles. The predicted molar refractivity (Wildman–Crippen MR) is 66.5 cm³/mol. The predicted octanol–water partition coefficient (Wildman–Crippen LogP) is 1.92. The van der Waals surface area contributed by atoms with Crippen LogP contribution in [-0.4, -0.2) is 26.8 Å². The Morgan fingerprint density at radius 3 is 2.76 bits per heavy atom. The molecule has 0 aromatic carbocycles. The van der Waals surface area contributed by atoms with Crippen molar-refractivity contribution in [2.24, 2.45) is 5.92 Å². The summed E-state index contributed by atoms with van der Waals surface area (Å²) in [5.41, 5.74) is 0. The first-order valence-corrected chi connectivity index (χ1v) is 6.78. The molecule has 1 fully saturated rings. The Balaban J connectivity index is 1.93. The van der Waals surface area contributed by atoms with Crippen LogP contribution >= 0.6 is 0 Å². The van der Waals surface area contributed by atoms with Gasteiger partial charge in [0.1, 0.15) is 0 Å². The van der Waals surface area contributed by atoms with Crippen LogP contribution in [0.25, 0.3) is 0 Å². The monoisotopic (exact) mass is 237 g/mol. The van der Waals surface area contributed by atoms with E-state index in [1.54, 1.807) is 0 Å². The lowest BCUT2D eigenvalue weighted by Crippen LogP contribution is -2.23. The molecule has 0 radical (unpaired) electrons. The molecule has 0 unspecified atom stereocenters. The van der Waals surface area contributed by atoms with Gasteiger partial charge in [-0.2, -0.15) is 0 Å². The van der Waals surface area contributed by atoms with Gasteiger partial charge in [-0.05, 0) is 55.0 Å². The second-order valence-electron chi connectivity index (χ2n) is 5.13. The topological polar surface area (TPSA) is 55.6 Å². The third kappa shape index (κ3) is 3.25. The highest BCUT2D eigenvalue weighted by molar-refractivity contribution is 4.86. The van der Waals surface area contributed by atoms with Gasteiger partial charge in [-0.1, -0.05) is 13.8 Å². The van der Waals surface area contributed by atoms with E-state index in [-0.39, 0.29) is 0 Å². The fraction of sp³-hybridized carbons (Fsp3) is 0.917. The molecule has 0 amide bonds. The van der Waals surface area contributed by atoms with Crippen LogP contribution in [0, 0.1) is 5.92 Å². The Hall–Kier alpha value is -0.970. The van der Waals surface area contributed by atoms with Crippen LogP contribution in [0.4, 0.5) is 0 Å². The minimum atomic E-state index is 0.514. The molecule has 0 bridgehead atoms. The van der Waals surface area contributed by atoms with Gasteiger partial charge in [0.25, 0.3) is 0 Å². The number of tetrazole rings is 1. The minimum absolute atomic E-state index is 0.514. The summed E-state index contributed by atoms with van der Waals surface area (Å²) >= 11 is 0. The first-order valence-electron chi connectivity index (χ1n) is 6.78. The van der Waals surface area contributed by atoms with Crippen LogP contribution in [-0.2, 0) is 6.54 Å². The fourth-order valence-corrected chi connectivity index (χ4v) is 2.48. The number of aromatic nitrogens is 4. The first-order chi connectivity index (χ1) is 8.31. The molecule has 0 saturated heterocycles. The molecule has 96 valence electrons. The Kier molecular flexibility index (Phi) is 4.48. The summed E-state index contributed by atoms with van der Waals surface area (Å²) in [6.45, 7) is 6.31. The van der Waals surface area contributed by atoms with Gasteiger partial charge < -0.3 is 5.32 Å². The third-order valence-corrected chi connectivity index (χ3v) is 3.60. The van der Waals surface area contributed by atoms with Gasteiger partial charge in [0.05, 0.1) is 12.6 Å². The highest BCUT2D eigenvalue weighted by atomic mass is 15.6. The second kappa shape index (κ2) is 6.10. The lowest BCUT2D eigenvalue weighted by atomic mass is 9.87. The molecule has 2 rings (SSSR count). The van der Waals surface area contributed by atoms with Gasteiger partial charge in [0, 0.05) is 0 Å². The number of rotatable bonds is 5. The zero-order chi connectivity index (χ0) is 12.1. The average Bonchev–Trinajstić information content (AvgIpc) is 2.79. The van der Waals surface area contributed by atoms with Crippen LogP contribution in [0.3, 0.4) is 0 Å². The Labute approximate surface area is 103 Å². The SMILES string of the molecule is CCCNCc1nnnn1C1CCC(C)CC1. The van der Waals surface area contributed by atoms with Crippen molar-refractivity contribution in [3.63, 3.8) is 0 Å². The zero-order valence-corrected chi connectivity index (χ0v) is 10.9. The van der Waals surface area contributed by atoms with Crippen molar-refractivity contribution in [3.05, 3.63) is 5.82 Å². The van der Waals surface area contributed by atoms with E-state index in [9.17, 15) is 0 Å². The number of hydrogen-bond acceptors (Lipinski definition) is 4. The molecule has 5 heteroatoms. The molecule has 0 spiro atoms.